The molecule has 0 bridgehead atoms. The second-order valence-corrected chi connectivity index (χ2v) is 7.74. The Balaban J connectivity index is 1.61. The van der Waals surface area contributed by atoms with Gasteiger partial charge in [-0.05, 0) is 44.7 Å². The zero-order valence-electron chi connectivity index (χ0n) is 13.7. The number of rotatable bonds is 5. The molecule has 0 amide bonds. The Kier molecular flexibility index (Phi) is 4.36. The molecule has 118 valence electrons. The van der Waals surface area contributed by atoms with E-state index in [1.165, 1.54) is 45.3 Å². The zero-order valence-corrected chi connectivity index (χ0v) is 13.7. The SMILES string of the molecule is CC(C)(C)c1cnc(CN(CC2CCCNC2)C2CC2)o1. The molecule has 1 aliphatic heterocycles. The van der Waals surface area contributed by atoms with Crippen molar-refractivity contribution >= 4 is 0 Å². The lowest BCUT2D eigenvalue weighted by Crippen LogP contribution is -2.39. The van der Waals surface area contributed by atoms with Crippen molar-refractivity contribution < 1.29 is 4.42 Å². The largest absolute Gasteiger partial charge is 0.444 e. The molecule has 4 nitrogen and oxygen atoms in total. The summed E-state index contributed by atoms with van der Waals surface area (Å²) in [5, 5.41) is 3.52. The first-order chi connectivity index (χ1) is 10.0. The molecule has 1 aliphatic carbocycles. The molecule has 1 saturated heterocycles. The van der Waals surface area contributed by atoms with Crippen molar-refractivity contribution in [3.05, 3.63) is 17.8 Å². The number of hydrogen-bond donors (Lipinski definition) is 1. The van der Waals surface area contributed by atoms with Gasteiger partial charge in [-0.3, -0.25) is 4.90 Å². The molecule has 21 heavy (non-hydrogen) atoms. The van der Waals surface area contributed by atoms with E-state index in [4.69, 9.17) is 4.42 Å². The van der Waals surface area contributed by atoms with Gasteiger partial charge in [-0.25, -0.2) is 4.98 Å². The predicted octanol–water partition coefficient (Wildman–Crippen LogP) is 2.94. The molecule has 0 spiro atoms. The highest BCUT2D eigenvalue weighted by atomic mass is 16.4. The van der Waals surface area contributed by atoms with Gasteiger partial charge in [-0.2, -0.15) is 0 Å². The Morgan fingerprint density at radius 2 is 2.14 bits per heavy atom. The van der Waals surface area contributed by atoms with E-state index >= 15 is 0 Å². The Hall–Kier alpha value is -0.870. The van der Waals surface area contributed by atoms with Crippen molar-refractivity contribution in [1.29, 1.82) is 0 Å². The summed E-state index contributed by atoms with van der Waals surface area (Å²) in [5.41, 5.74) is 0.0446. The van der Waals surface area contributed by atoms with Gasteiger partial charge in [-0.1, -0.05) is 20.8 Å². The highest BCUT2D eigenvalue weighted by Crippen LogP contribution is 2.30. The molecule has 2 heterocycles. The standard InChI is InChI=1S/C17H29N3O/c1-17(2,3)15-10-19-16(21-15)12-20(14-6-7-14)11-13-5-4-8-18-9-13/h10,13-14,18H,4-9,11-12H2,1-3H3. The molecule has 4 heteroatoms. The Morgan fingerprint density at radius 1 is 1.33 bits per heavy atom. The van der Waals surface area contributed by atoms with Crippen LogP contribution in [0.25, 0.3) is 0 Å². The highest BCUT2D eigenvalue weighted by Gasteiger charge is 2.32. The molecule has 0 radical (unpaired) electrons. The van der Waals surface area contributed by atoms with E-state index in [0.29, 0.717) is 0 Å². The molecule has 1 N–H and O–H groups in total. The smallest absolute Gasteiger partial charge is 0.208 e. The molecule has 1 unspecified atom stereocenters. The average molecular weight is 291 g/mol. The van der Waals surface area contributed by atoms with E-state index in [9.17, 15) is 0 Å². The summed E-state index contributed by atoms with van der Waals surface area (Å²) in [6, 6.07) is 0.761. The predicted molar refractivity (Wildman–Crippen MR) is 84.2 cm³/mol. The van der Waals surface area contributed by atoms with Crippen molar-refractivity contribution in [3.8, 4) is 0 Å². The maximum Gasteiger partial charge on any atom is 0.208 e. The molecule has 1 saturated carbocycles. The van der Waals surface area contributed by atoms with Crippen LogP contribution in [0.5, 0.6) is 0 Å². The first kappa shape index (κ1) is 15.0. The molecular weight excluding hydrogens is 262 g/mol. The average Bonchev–Trinajstić information content (AvgIpc) is 3.17. The van der Waals surface area contributed by atoms with Gasteiger partial charge in [0, 0.05) is 18.0 Å². The fourth-order valence-electron chi connectivity index (χ4n) is 3.10. The van der Waals surface area contributed by atoms with Crippen molar-refractivity contribution in [3.63, 3.8) is 0 Å². The lowest BCUT2D eigenvalue weighted by molar-refractivity contribution is 0.175. The minimum Gasteiger partial charge on any atom is -0.444 e. The Morgan fingerprint density at radius 3 is 2.71 bits per heavy atom. The van der Waals surface area contributed by atoms with Crippen LogP contribution in [0, 0.1) is 5.92 Å². The number of aromatic nitrogens is 1. The molecule has 2 aliphatic rings. The van der Waals surface area contributed by atoms with E-state index < -0.39 is 0 Å². The highest BCUT2D eigenvalue weighted by molar-refractivity contribution is 5.06. The van der Waals surface area contributed by atoms with Gasteiger partial charge < -0.3 is 9.73 Å². The second-order valence-electron chi connectivity index (χ2n) is 7.74. The van der Waals surface area contributed by atoms with Gasteiger partial charge >= 0.3 is 0 Å². The van der Waals surface area contributed by atoms with Gasteiger partial charge in [0.25, 0.3) is 0 Å². The quantitative estimate of drug-likeness (QED) is 0.905. The number of nitrogens with zero attached hydrogens (tertiary/aromatic N) is 2. The third-order valence-electron chi connectivity index (χ3n) is 4.59. The van der Waals surface area contributed by atoms with Crippen LogP contribution in [-0.2, 0) is 12.0 Å². The first-order valence-corrected chi connectivity index (χ1v) is 8.42. The summed E-state index contributed by atoms with van der Waals surface area (Å²) >= 11 is 0. The molecule has 1 aromatic rings. The summed E-state index contributed by atoms with van der Waals surface area (Å²) < 4.78 is 5.98. The summed E-state index contributed by atoms with van der Waals surface area (Å²) in [4.78, 5) is 7.09. The van der Waals surface area contributed by atoms with Crippen LogP contribution in [0.2, 0.25) is 0 Å². The van der Waals surface area contributed by atoms with Crippen LogP contribution in [0.1, 0.15) is 58.1 Å². The molecule has 1 atom stereocenters. The molecule has 2 fully saturated rings. The van der Waals surface area contributed by atoms with E-state index in [1.54, 1.807) is 0 Å². The molecular formula is C17H29N3O. The minimum absolute atomic E-state index is 0.0446. The van der Waals surface area contributed by atoms with Gasteiger partial charge in [0.15, 0.2) is 0 Å². The van der Waals surface area contributed by atoms with Gasteiger partial charge in [0.05, 0.1) is 12.7 Å². The molecule has 1 aromatic heterocycles. The number of oxazole rings is 1. The molecule has 0 aromatic carbocycles. The van der Waals surface area contributed by atoms with Crippen molar-refractivity contribution in [2.24, 2.45) is 5.92 Å². The van der Waals surface area contributed by atoms with E-state index in [1.807, 2.05) is 6.20 Å². The topological polar surface area (TPSA) is 41.3 Å². The van der Waals surface area contributed by atoms with Crippen molar-refractivity contribution in [2.45, 2.75) is 64.5 Å². The zero-order chi connectivity index (χ0) is 14.9. The van der Waals surface area contributed by atoms with Gasteiger partial charge in [0.1, 0.15) is 5.76 Å². The summed E-state index contributed by atoms with van der Waals surface area (Å²) in [6.45, 7) is 10.9. The minimum atomic E-state index is 0.0446. The lowest BCUT2D eigenvalue weighted by Gasteiger charge is -2.29. The van der Waals surface area contributed by atoms with E-state index in [2.05, 4.69) is 36.0 Å². The van der Waals surface area contributed by atoms with E-state index in [0.717, 1.165) is 30.2 Å². The number of nitrogens with one attached hydrogen (secondary N) is 1. The van der Waals surface area contributed by atoms with Crippen LogP contribution in [0.3, 0.4) is 0 Å². The normalized spacial score (nSPS) is 23.7. The van der Waals surface area contributed by atoms with Crippen molar-refractivity contribution in [1.82, 2.24) is 15.2 Å². The second kappa shape index (κ2) is 6.09. The third-order valence-corrected chi connectivity index (χ3v) is 4.59. The fraction of sp³-hybridized carbons (Fsp3) is 0.824. The number of piperidine rings is 1. The van der Waals surface area contributed by atoms with Crippen LogP contribution in [-0.4, -0.2) is 35.6 Å². The molecule has 3 rings (SSSR count). The van der Waals surface area contributed by atoms with Crippen LogP contribution < -0.4 is 5.32 Å². The van der Waals surface area contributed by atoms with Crippen LogP contribution in [0.4, 0.5) is 0 Å². The van der Waals surface area contributed by atoms with Crippen LogP contribution in [0.15, 0.2) is 10.6 Å². The third kappa shape index (κ3) is 4.07. The van der Waals surface area contributed by atoms with Gasteiger partial charge in [0.2, 0.25) is 5.89 Å². The fourth-order valence-corrected chi connectivity index (χ4v) is 3.10. The Labute approximate surface area is 128 Å². The summed E-state index contributed by atoms with van der Waals surface area (Å²) in [6.07, 6.45) is 7.26. The monoisotopic (exact) mass is 291 g/mol. The first-order valence-electron chi connectivity index (χ1n) is 8.42. The number of hydrogen-bond acceptors (Lipinski definition) is 4. The maximum absolute atomic E-state index is 5.98. The van der Waals surface area contributed by atoms with Crippen LogP contribution >= 0.6 is 0 Å². The van der Waals surface area contributed by atoms with Gasteiger partial charge in [-0.15, -0.1) is 0 Å². The van der Waals surface area contributed by atoms with E-state index in [-0.39, 0.29) is 5.41 Å². The lowest BCUT2D eigenvalue weighted by atomic mass is 9.94. The Bertz CT molecular complexity index is 453. The maximum atomic E-state index is 5.98. The summed E-state index contributed by atoms with van der Waals surface area (Å²) in [7, 11) is 0. The van der Waals surface area contributed by atoms with Crippen molar-refractivity contribution in [2.75, 3.05) is 19.6 Å². The summed E-state index contributed by atoms with van der Waals surface area (Å²) in [5.74, 6) is 2.67.